The van der Waals surface area contributed by atoms with Crippen molar-refractivity contribution in [2.45, 2.75) is 85.5 Å². The van der Waals surface area contributed by atoms with E-state index < -0.39 is 0 Å². The first-order valence-corrected chi connectivity index (χ1v) is 13.3. The third-order valence-corrected chi connectivity index (χ3v) is 7.53. The van der Waals surface area contributed by atoms with Crippen LogP contribution in [0.15, 0.2) is 48.8 Å². The van der Waals surface area contributed by atoms with Gasteiger partial charge in [0.2, 0.25) is 0 Å². The van der Waals surface area contributed by atoms with Gasteiger partial charge in [0, 0.05) is 30.4 Å². The molecular formula is C30H46N4. The summed E-state index contributed by atoms with van der Waals surface area (Å²) in [5.74, 6) is 3.13. The van der Waals surface area contributed by atoms with E-state index in [4.69, 9.17) is 0 Å². The highest BCUT2D eigenvalue weighted by Crippen LogP contribution is 2.31. The lowest BCUT2D eigenvalue weighted by atomic mass is 9.81. The first kappa shape index (κ1) is 26.1. The van der Waals surface area contributed by atoms with Gasteiger partial charge in [-0.15, -0.1) is 0 Å². The average molecular weight is 463 g/mol. The molecule has 0 spiro atoms. The van der Waals surface area contributed by atoms with Gasteiger partial charge in [-0.2, -0.15) is 5.10 Å². The topological polar surface area (TPSA) is 41.9 Å². The van der Waals surface area contributed by atoms with Crippen molar-refractivity contribution in [2.75, 3.05) is 13.1 Å². The number of hydrogen-bond acceptors (Lipinski definition) is 3. The molecule has 2 aromatic rings. The number of rotatable bonds is 12. The summed E-state index contributed by atoms with van der Waals surface area (Å²) in [6, 6.07) is 8.64. The van der Waals surface area contributed by atoms with Crippen molar-refractivity contribution in [3.63, 3.8) is 0 Å². The molecule has 0 aliphatic heterocycles. The van der Waals surface area contributed by atoms with Crippen molar-refractivity contribution >= 4 is 5.82 Å². The molecular weight excluding hydrogens is 416 g/mol. The molecule has 1 aliphatic carbocycles. The van der Waals surface area contributed by atoms with Crippen LogP contribution in [0.25, 0.3) is 5.82 Å². The Morgan fingerprint density at radius 2 is 1.74 bits per heavy atom. The predicted molar refractivity (Wildman–Crippen MR) is 146 cm³/mol. The van der Waals surface area contributed by atoms with Crippen LogP contribution in [0.1, 0.15) is 87.1 Å². The Bertz CT molecular complexity index is 946. The van der Waals surface area contributed by atoms with Crippen LogP contribution in [0.5, 0.6) is 0 Å². The van der Waals surface area contributed by atoms with E-state index in [9.17, 15) is 0 Å². The van der Waals surface area contributed by atoms with Gasteiger partial charge in [0.1, 0.15) is 5.82 Å². The van der Waals surface area contributed by atoms with E-state index in [-0.39, 0.29) is 0 Å². The fraction of sp³-hybridized carbons (Fsp3) is 0.567. The summed E-state index contributed by atoms with van der Waals surface area (Å²) in [6.07, 6.45) is 13.2. The summed E-state index contributed by atoms with van der Waals surface area (Å²) >= 11 is 0. The third-order valence-electron chi connectivity index (χ3n) is 7.53. The Balaban J connectivity index is 1.48. The standard InChI is InChI=1S/C30H46N4/c1-22-13-15-28(16-14-22)20-26(5)31-17-9-10-18-32-30(34-27(6)25(4)21-33-34)19-24(3)29-12-8-7-11-23(29)2/h7-8,11-12,19,21-22,24,28,31-32H,5,9-10,13-18,20H2,1-4,6H3/b30-19-. The van der Waals surface area contributed by atoms with Crippen LogP contribution >= 0.6 is 0 Å². The molecule has 34 heavy (non-hydrogen) atoms. The highest BCUT2D eigenvalue weighted by Gasteiger charge is 2.18. The van der Waals surface area contributed by atoms with Crippen LogP contribution in [0.3, 0.4) is 0 Å². The Labute approximate surface area is 207 Å². The van der Waals surface area contributed by atoms with Gasteiger partial charge in [-0.25, -0.2) is 4.68 Å². The normalized spacial score (nSPS) is 19.6. The highest BCUT2D eigenvalue weighted by atomic mass is 15.3. The maximum atomic E-state index is 4.65. The minimum Gasteiger partial charge on any atom is -0.389 e. The second-order valence-corrected chi connectivity index (χ2v) is 10.5. The molecule has 186 valence electrons. The first-order valence-electron chi connectivity index (χ1n) is 13.3. The summed E-state index contributed by atoms with van der Waals surface area (Å²) in [5.41, 5.74) is 6.31. The number of benzene rings is 1. The van der Waals surface area contributed by atoms with Crippen LogP contribution < -0.4 is 10.6 Å². The lowest BCUT2D eigenvalue weighted by Gasteiger charge is -2.27. The van der Waals surface area contributed by atoms with Crippen molar-refractivity contribution in [3.8, 4) is 0 Å². The van der Waals surface area contributed by atoms with Crippen LogP contribution in [0.4, 0.5) is 0 Å². The van der Waals surface area contributed by atoms with Crippen LogP contribution in [-0.2, 0) is 0 Å². The van der Waals surface area contributed by atoms with E-state index in [0.29, 0.717) is 5.92 Å². The van der Waals surface area contributed by atoms with E-state index in [1.165, 1.54) is 53.8 Å². The minimum absolute atomic E-state index is 0.306. The molecule has 1 aromatic heterocycles. The minimum atomic E-state index is 0.306. The molecule has 1 heterocycles. The summed E-state index contributed by atoms with van der Waals surface area (Å²) in [6.45, 7) is 17.3. The fourth-order valence-electron chi connectivity index (χ4n) is 5.05. The molecule has 1 atom stereocenters. The summed E-state index contributed by atoms with van der Waals surface area (Å²) in [7, 11) is 0. The quantitative estimate of drug-likeness (QED) is 0.331. The smallest absolute Gasteiger partial charge is 0.124 e. The molecule has 0 amide bonds. The molecule has 3 rings (SSSR count). The predicted octanol–water partition coefficient (Wildman–Crippen LogP) is 7.10. The highest BCUT2D eigenvalue weighted by molar-refractivity contribution is 5.48. The van der Waals surface area contributed by atoms with Gasteiger partial charge in [-0.1, -0.05) is 57.5 Å². The lowest BCUT2D eigenvalue weighted by molar-refractivity contribution is 0.286. The molecule has 0 radical (unpaired) electrons. The molecule has 1 fully saturated rings. The molecule has 4 nitrogen and oxygen atoms in total. The van der Waals surface area contributed by atoms with Gasteiger partial charge >= 0.3 is 0 Å². The van der Waals surface area contributed by atoms with Crippen molar-refractivity contribution in [1.29, 1.82) is 0 Å². The summed E-state index contributed by atoms with van der Waals surface area (Å²) < 4.78 is 2.05. The van der Waals surface area contributed by atoms with Crippen LogP contribution in [-0.4, -0.2) is 22.9 Å². The number of nitrogens with one attached hydrogen (secondary N) is 2. The number of hydrogen-bond donors (Lipinski definition) is 2. The molecule has 1 aromatic carbocycles. The average Bonchev–Trinajstić information content (AvgIpc) is 3.15. The maximum Gasteiger partial charge on any atom is 0.124 e. The largest absolute Gasteiger partial charge is 0.389 e. The molecule has 2 N–H and O–H groups in total. The first-order chi connectivity index (χ1) is 16.3. The van der Waals surface area contributed by atoms with Gasteiger partial charge in [0.15, 0.2) is 0 Å². The summed E-state index contributed by atoms with van der Waals surface area (Å²) in [5, 5.41) is 11.9. The Hall–Kier alpha value is -2.49. The van der Waals surface area contributed by atoms with Crippen LogP contribution in [0, 0.1) is 32.6 Å². The Morgan fingerprint density at radius 1 is 1.06 bits per heavy atom. The molecule has 1 unspecified atom stereocenters. The molecule has 4 heteroatoms. The van der Waals surface area contributed by atoms with Gasteiger partial charge in [-0.05, 0) is 87.5 Å². The lowest BCUT2D eigenvalue weighted by Crippen LogP contribution is -2.23. The molecule has 0 saturated heterocycles. The molecule has 1 saturated carbocycles. The van der Waals surface area contributed by atoms with Gasteiger partial charge in [0.05, 0.1) is 6.20 Å². The third kappa shape index (κ3) is 7.51. The monoisotopic (exact) mass is 462 g/mol. The van der Waals surface area contributed by atoms with E-state index in [1.807, 2.05) is 6.20 Å². The zero-order valence-corrected chi connectivity index (χ0v) is 22.2. The Kier molecular flexibility index (Phi) is 9.86. The fourth-order valence-corrected chi connectivity index (χ4v) is 5.05. The van der Waals surface area contributed by atoms with Crippen molar-refractivity contribution in [2.24, 2.45) is 11.8 Å². The van der Waals surface area contributed by atoms with E-state index in [1.54, 1.807) is 0 Å². The van der Waals surface area contributed by atoms with Crippen LogP contribution in [0.2, 0.25) is 0 Å². The summed E-state index contributed by atoms with van der Waals surface area (Å²) in [4.78, 5) is 0. The number of aryl methyl sites for hydroxylation is 2. The number of aromatic nitrogens is 2. The van der Waals surface area contributed by atoms with E-state index >= 15 is 0 Å². The van der Waals surface area contributed by atoms with Crippen molar-refractivity contribution in [3.05, 3.63) is 71.2 Å². The zero-order chi connectivity index (χ0) is 24.5. The van der Waals surface area contributed by atoms with Gasteiger partial charge in [-0.3, -0.25) is 0 Å². The van der Waals surface area contributed by atoms with Gasteiger partial charge < -0.3 is 10.6 Å². The second-order valence-electron chi connectivity index (χ2n) is 10.5. The maximum absolute atomic E-state index is 4.65. The molecule has 0 bridgehead atoms. The number of unbranched alkanes of at least 4 members (excludes halogenated alkanes) is 1. The number of nitrogens with zero attached hydrogens (tertiary/aromatic N) is 2. The number of allylic oxidation sites excluding steroid dienone is 2. The van der Waals surface area contributed by atoms with Crippen molar-refractivity contribution < 1.29 is 0 Å². The SMILES string of the molecule is C=C(CC1CCC(C)CC1)NCCCCN/C(=C/C(C)c1ccccc1C)n1ncc(C)c1C. The molecule has 1 aliphatic rings. The Morgan fingerprint density at radius 3 is 2.38 bits per heavy atom. The van der Waals surface area contributed by atoms with E-state index in [0.717, 1.165) is 50.0 Å². The van der Waals surface area contributed by atoms with E-state index in [2.05, 4.69) is 92.0 Å². The zero-order valence-electron chi connectivity index (χ0n) is 22.2. The van der Waals surface area contributed by atoms with Gasteiger partial charge in [0.25, 0.3) is 0 Å². The van der Waals surface area contributed by atoms with Crippen molar-refractivity contribution in [1.82, 2.24) is 20.4 Å². The second kappa shape index (κ2) is 12.8.